The molecule has 0 spiro atoms. The molecule has 0 fully saturated rings. The van der Waals surface area contributed by atoms with E-state index >= 15 is 0 Å². The van der Waals surface area contributed by atoms with Crippen molar-refractivity contribution in [3.8, 4) is 5.75 Å². The van der Waals surface area contributed by atoms with Crippen molar-refractivity contribution in [1.82, 2.24) is 0 Å². The molecule has 0 atom stereocenters. The lowest BCUT2D eigenvalue weighted by molar-refractivity contribution is 0.102. The number of anilines is 1. The zero-order valence-corrected chi connectivity index (χ0v) is 13.0. The van der Waals surface area contributed by atoms with Crippen LogP contribution in [0.25, 0.3) is 0 Å². The fraction of sp³-hybridized carbons (Fsp3) is 0.211. The van der Waals surface area contributed by atoms with Crippen LogP contribution in [0.1, 0.15) is 35.7 Å². The van der Waals surface area contributed by atoms with Gasteiger partial charge in [0.2, 0.25) is 0 Å². The lowest BCUT2D eigenvalue weighted by Gasteiger charge is -2.09. The van der Waals surface area contributed by atoms with Crippen molar-refractivity contribution in [3.63, 3.8) is 0 Å². The maximum atomic E-state index is 12.3. The van der Waals surface area contributed by atoms with Gasteiger partial charge in [0.1, 0.15) is 12.4 Å². The van der Waals surface area contributed by atoms with Gasteiger partial charge < -0.3 is 10.1 Å². The highest BCUT2D eigenvalue weighted by Gasteiger charge is 2.07. The van der Waals surface area contributed by atoms with E-state index < -0.39 is 0 Å². The largest absolute Gasteiger partial charge is 0.489 e. The molecule has 0 radical (unpaired) electrons. The van der Waals surface area contributed by atoms with E-state index in [1.54, 1.807) is 12.1 Å². The Morgan fingerprint density at radius 2 is 1.95 bits per heavy atom. The molecular formula is C19H21NO2. The van der Waals surface area contributed by atoms with Gasteiger partial charge in [0, 0.05) is 17.3 Å². The molecule has 0 aromatic heterocycles. The van der Waals surface area contributed by atoms with Crippen molar-refractivity contribution in [1.29, 1.82) is 0 Å². The van der Waals surface area contributed by atoms with Gasteiger partial charge in [-0.3, -0.25) is 4.79 Å². The monoisotopic (exact) mass is 295 g/mol. The smallest absolute Gasteiger partial charge is 0.255 e. The molecule has 0 heterocycles. The molecule has 114 valence electrons. The molecule has 1 amide bonds. The van der Waals surface area contributed by atoms with Crippen LogP contribution < -0.4 is 10.1 Å². The van der Waals surface area contributed by atoms with Gasteiger partial charge >= 0.3 is 0 Å². The zero-order valence-electron chi connectivity index (χ0n) is 13.0. The van der Waals surface area contributed by atoms with E-state index in [-0.39, 0.29) is 5.91 Å². The van der Waals surface area contributed by atoms with E-state index in [1.807, 2.05) is 42.5 Å². The van der Waals surface area contributed by atoms with E-state index in [4.69, 9.17) is 4.74 Å². The normalized spacial score (nSPS) is 10.3. The van der Waals surface area contributed by atoms with Crippen molar-refractivity contribution in [3.05, 3.63) is 72.3 Å². The summed E-state index contributed by atoms with van der Waals surface area (Å²) < 4.78 is 5.46. The highest BCUT2D eigenvalue weighted by molar-refractivity contribution is 6.04. The van der Waals surface area contributed by atoms with Crippen LogP contribution in [0.5, 0.6) is 5.75 Å². The molecule has 22 heavy (non-hydrogen) atoms. The first-order valence-corrected chi connectivity index (χ1v) is 7.35. The van der Waals surface area contributed by atoms with Gasteiger partial charge in [0.05, 0.1) is 0 Å². The molecule has 2 aromatic rings. The Hall–Kier alpha value is -2.55. The second-order valence-electron chi connectivity index (χ2n) is 5.36. The van der Waals surface area contributed by atoms with Gasteiger partial charge in [-0.25, -0.2) is 0 Å². The number of amides is 1. The van der Waals surface area contributed by atoms with Crippen molar-refractivity contribution in [2.45, 2.75) is 19.8 Å². The molecule has 0 aliphatic carbocycles. The Kier molecular flexibility index (Phi) is 5.37. The van der Waals surface area contributed by atoms with E-state index in [9.17, 15) is 4.79 Å². The van der Waals surface area contributed by atoms with Crippen LogP contribution in [0.3, 0.4) is 0 Å². The van der Waals surface area contributed by atoms with Crippen LogP contribution >= 0.6 is 0 Å². The van der Waals surface area contributed by atoms with Crippen molar-refractivity contribution in [2.24, 2.45) is 0 Å². The molecule has 0 unspecified atom stereocenters. The minimum absolute atomic E-state index is 0.129. The molecule has 0 saturated carbocycles. The van der Waals surface area contributed by atoms with Crippen molar-refractivity contribution in [2.75, 3.05) is 11.9 Å². The topological polar surface area (TPSA) is 38.3 Å². The lowest BCUT2D eigenvalue weighted by Crippen LogP contribution is -2.12. The first-order valence-electron chi connectivity index (χ1n) is 7.35. The Labute approximate surface area is 131 Å². The summed E-state index contributed by atoms with van der Waals surface area (Å²) >= 11 is 0. The van der Waals surface area contributed by atoms with Crippen LogP contribution in [0.2, 0.25) is 0 Å². The van der Waals surface area contributed by atoms with Crippen LogP contribution in [0, 0.1) is 0 Å². The number of nitrogens with one attached hydrogen (secondary N) is 1. The summed E-state index contributed by atoms with van der Waals surface area (Å²) in [5.41, 5.74) is 2.57. The van der Waals surface area contributed by atoms with Gasteiger partial charge in [-0.1, -0.05) is 44.7 Å². The first kappa shape index (κ1) is 15.8. The van der Waals surface area contributed by atoms with Crippen LogP contribution in [0.15, 0.2) is 61.2 Å². The SMILES string of the molecule is C=CCOc1cccc(NC(=O)c2ccc(C(C)C)cc2)c1. The number of rotatable bonds is 6. The van der Waals surface area contributed by atoms with Gasteiger partial charge in [-0.05, 0) is 35.7 Å². The molecular weight excluding hydrogens is 274 g/mol. The van der Waals surface area contributed by atoms with Gasteiger partial charge in [-0.2, -0.15) is 0 Å². The van der Waals surface area contributed by atoms with Crippen LogP contribution in [0.4, 0.5) is 5.69 Å². The van der Waals surface area contributed by atoms with Gasteiger partial charge in [0.25, 0.3) is 5.91 Å². The molecule has 2 aromatic carbocycles. The third-order valence-electron chi connectivity index (χ3n) is 3.30. The van der Waals surface area contributed by atoms with E-state index in [2.05, 4.69) is 25.7 Å². The second kappa shape index (κ2) is 7.46. The predicted molar refractivity (Wildman–Crippen MR) is 90.6 cm³/mol. The quantitative estimate of drug-likeness (QED) is 0.789. The second-order valence-corrected chi connectivity index (χ2v) is 5.36. The summed E-state index contributed by atoms with van der Waals surface area (Å²) in [6.07, 6.45) is 1.68. The number of benzene rings is 2. The first-order chi connectivity index (χ1) is 10.6. The van der Waals surface area contributed by atoms with E-state index in [0.29, 0.717) is 29.5 Å². The molecule has 0 saturated heterocycles. The number of hydrogen-bond acceptors (Lipinski definition) is 2. The minimum Gasteiger partial charge on any atom is -0.489 e. The molecule has 0 bridgehead atoms. The van der Waals surface area contributed by atoms with Crippen LogP contribution in [-0.2, 0) is 0 Å². The standard InChI is InChI=1S/C19H21NO2/c1-4-12-22-18-7-5-6-17(13-18)20-19(21)16-10-8-15(9-11-16)14(2)3/h4-11,13-14H,1,12H2,2-3H3,(H,20,21). The highest BCUT2D eigenvalue weighted by atomic mass is 16.5. The molecule has 1 N–H and O–H groups in total. The number of carbonyl (C=O) groups excluding carboxylic acids is 1. The summed E-state index contributed by atoms with van der Waals surface area (Å²) in [5, 5.41) is 2.88. The summed E-state index contributed by atoms with van der Waals surface area (Å²) in [7, 11) is 0. The van der Waals surface area contributed by atoms with Crippen LogP contribution in [-0.4, -0.2) is 12.5 Å². The fourth-order valence-electron chi connectivity index (χ4n) is 2.04. The molecule has 0 aliphatic rings. The summed E-state index contributed by atoms with van der Waals surface area (Å²) in [6, 6.07) is 15.0. The maximum absolute atomic E-state index is 12.3. The average Bonchev–Trinajstić information content (AvgIpc) is 2.53. The third kappa shape index (κ3) is 4.22. The minimum atomic E-state index is -0.129. The Morgan fingerprint density at radius 3 is 2.59 bits per heavy atom. The summed E-state index contributed by atoms with van der Waals surface area (Å²) in [5.74, 6) is 1.03. The molecule has 0 aliphatic heterocycles. The number of carbonyl (C=O) groups is 1. The van der Waals surface area contributed by atoms with E-state index in [1.165, 1.54) is 5.56 Å². The Balaban J connectivity index is 2.06. The highest BCUT2D eigenvalue weighted by Crippen LogP contribution is 2.19. The van der Waals surface area contributed by atoms with E-state index in [0.717, 1.165) is 0 Å². The third-order valence-corrected chi connectivity index (χ3v) is 3.30. The lowest BCUT2D eigenvalue weighted by atomic mass is 10.0. The summed E-state index contributed by atoms with van der Waals surface area (Å²) in [4.78, 5) is 12.3. The molecule has 3 heteroatoms. The number of hydrogen-bond donors (Lipinski definition) is 1. The van der Waals surface area contributed by atoms with Gasteiger partial charge in [0.15, 0.2) is 0 Å². The Morgan fingerprint density at radius 1 is 1.23 bits per heavy atom. The average molecular weight is 295 g/mol. The van der Waals surface area contributed by atoms with Crippen molar-refractivity contribution < 1.29 is 9.53 Å². The molecule has 2 rings (SSSR count). The maximum Gasteiger partial charge on any atom is 0.255 e. The number of ether oxygens (including phenoxy) is 1. The summed E-state index contributed by atoms with van der Waals surface area (Å²) in [6.45, 7) is 8.31. The fourth-order valence-corrected chi connectivity index (χ4v) is 2.04. The molecule has 3 nitrogen and oxygen atoms in total. The van der Waals surface area contributed by atoms with Crippen molar-refractivity contribution >= 4 is 11.6 Å². The zero-order chi connectivity index (χ0) is 15.9. The Bertz CT molecular complexity index is 645. The van der Waals surface area contributed by atoms with Gasteiger partial charge in [-0.15, -0.1) is 0 Å². The predicted octanol–water partition coefficient (Wildman–Crippen LogP) is 4.63.